The number of carbonyl (C=O) groups is 2. The molecule has 58 heavy (non-hydrogen) atoms. The highest BCUT2D eigenvalue weighted by molar-refractivity contribution is 6.09. The third kappa shape index (κ3) is 6.54. The van der Waals surface area contributed by atoms with Crippen molar-refractivity contribution in [2.45, 2.75) is 26.2 Å². The van der Waals surface area contributed by atoms with E-state index >= 15 is 0 Å². The molecule has 284 valence electrons. The van der Waals surface area contributed by atoms with Crippen LogP contribution in [0.5, 0.6) is 11.5 Å². The van der Waals surface area contributed by atoms with E-state index in [1.165, 1.54) is 0 Å². The van der Waals surface area contributed by atoms with Crippen LogP contribution in [0, 0.1) is 0 Å². The standard InChI is InChI=1S/C48H38N6O4/c55-45-29-53-31-51(39-17-7-9-19-41(39)53)25-27-57-43-23-21-33-11-1-3-13-35(33)47(43)48-36-14-4-2-12-34(36)22-24-44(48)58-28-26-52-32-54(42-20-10-8-18-40(42)52)30-46(56)50-38-16-6-5-15-37(38)49-45/h1-24,31-32H,25-30H2/p+2. The number of hydrogen-bond donors (Lipinski definition) is 2. The largest absolute Gasteiger partial charge is 0.489 e. The lowest BCUT2D eigenvalue weighted by Gasteiger charge is -2.19. The summed E-state index contributed by atoms with van der Waals surface area (Å²) < 4.78 is 21.7. The van der Waals surface area contributed by atoms with Crippen molar-refractivity contribution >= 4 is 66.8 Å². The molecule has 1 aliphatic rings. The number of anilines is 2. The highest BCUT2D eigenvalue weighted by Gasteiger charge is 2.23. The van der Waals surface area contributed by atoms with Crippen LogP contribution in [0.4, 0.5) is 11.4 Å². The number of amides is 2. The number of aromatic nitrogens is 4. The van der Waals surface area contributed by atoms with Crippen molar-refractivity contribution in [2.75, 3.05) is 23.8 Å². The number of hydrogen-bond acceptors (Lipinski definition) is 4. The van der Waals surface area contributed by atoms with Crippen molar-refractivity contribution in [1.82, 2.24) is 9.13 Å². The van der Waals surface area contributed by atoms with E-state index in [9.17, 15) is 9.59 Å². The topological polar surface area (TPSA) is 94.3 Å². The van der Waals surface area contributed by atoms with E-state index in [0.717, 1.165) is 66.2 Å². The van der Waals surface area contributed by atoms with Gasteiger partial charge < -0.3 is 20.1 Å². The quantitative estimate of drug-likeness (QED) is 0.154. The zero-order valence-electron chi connectivity index (χ0n) is 31.7. The monoisotopic (exact) mass is 764 g/mol. The molecule has 0 aliphatic carbocycles. The molecule has 9 aromatic rings. The molecule has 2 aromatic heterocycles. The lowest BCUT2D eigenvalue weighted by atomic mass is 9.92. The molecule has 0 atom stereocenters. The molecule has 10 nitrogen and oxygen atoms in total. The third-order valence-corrected chi connectivity index (χ3v) is 10.9. The molecule has 2 N–H and O–H groups in total. The number of nitrogens with zero attached hydrogens (tertiary/aromatic N) is 4. The normalized spacial score (nSPS) is 14.1. The Morgan fingerprint density at radius 3 is 1.36 bits per heavy atom. The van der Waals surface area contributed by atoms with Crippen molar-refractivity contribution in [1.29, 1.82) is 0 Å². The maximum absolute atomic E-state index is 13.7. The summed E-state index contributed by atoms with van der Waals surface area (Å²) in [5.74, 6) is 1.08. The van der Waals surface area contributed by atoms with Gasteiger partial charge in [0.05, 0.1) is 11.4 Å². The molecule has 0 radical (unpaired) electrons. The first-order chi connectivity index (χ1) is 28.6. The van der Waals surface area contributed by atoms with Crippen molar-refractivity contribution in [3.05, 3.63) is 158 Å². The van der Waals surface area contributed by atoms with Gasteiger partial charge in [-0.3, -0.25) is 9.59 Å². The first kappa shape index (κ1) is 35.0. The number of ether oxygens (including phenoxy) is 2. The smallest absolute Gasteiger partial charge is 0.266 e. The van der Waals surface area contributed by atoms with E-state index < -0.39 is 0 Å². The van der Waals surface area contributed by atoms with E-state index in [-0.39, 0.29) is 24.9 Å². The summed E-state index contributed by atoms with van der Waals surface area (Å²) in [5.41, 5.74) is 6.81. The molecule has 0 fully saturated rings. The Labute approximate surface area is 334 Å². The van der Waals surface area contributed by atoms with Crippen LogP contribution in [0.1, 0.15) is 0 Å². The second-order valence-electron chi connectivity index (χ2n) is 14.5. The number of rotatable bonds is 0. The van der Waals surface area contributed by atoms with Gasteiger partial charge in [0.25, 0.3) is 11.8 Å². The fraction of sp³-hybridized carbons (Fsp3) is 0.125. The summed E-state index contributed by atoms with van der Waals surface area (Å²) in [6.45, 7) is 1.99. The zero-order valence-corrected chi connectivity index (χ0v) is 31.7. The second-order valence-corrected chi connectivity index (χ2v) is 14.5. The fourth-order valence-electron chi connectivity index (χ4n) is 8.25. The van der Waals surface area contributed by atoms with E-state index in [1.54, 1.807) is 12.1 Å². The molecular formula is C48H40N6O4+2. The zero-order chi connectivity index (χ0) is 39.0. The second kappa shape index (κ2) is 14.9. The highest BCUT2D eigenvalue weighted by atomic mass is 16.5. The van der Waals surface area contributed by atoms with Gasteiger partial charge in [-0.05, 0) is 70.1 Å². The molecule has 10 rings (SSSR count). The number of nitrogens with one attached hydrogen (secondary N) is 2. The molecule has 0 saturated carbocycles. The Kier molecular flexibility index (Phi) is 8.98. The molecule has 1 aliphatic heterocycles. The van der Waals surface area contributed by atoms with Crippen molar-refractivity contribution in [3.8, 4) is 22.6 Å². The number of benzene rings is 7. The van der Waals surface area contributed by atoms with Gasteiger partial charge in [-0.25, -0.2) is 18.3 Å². The number of para-hydroxylation sites is 6. The minimum atomic E-state index is -0.216. The molecule has 7 aromatic carbocycles. The summed E-state index contributed by atoms with van der Waals surface area (Å²) in [4.78, 5) is 27.3. The van der Waals surface area contributed by atoms with Crippen LogP contribution >= 0.6 is 0 Å². The predicted octanol–water partition coefficient (Wildman–Crippen LogP) is 7.89. The number of fused-ring (bicyclic) bond motifs is 18. The molecule has 4 bridgehead atoms. The number of imidazole rings is 2. The Balaban J connectivity index is 1.09. The van der Waals surface area contributed by atoms with Gasteiger partial charge in [-0.15, -0.1) is 0 Å². The van der Waals surface area contributed by atoms with Crippen LogP contribution in [0.15, 0.2) is 158 Å². The van der Waals surface area contributed by atoms with Crippen LogP contribution < -0.4 is 29.2 Å². The summed E-state index contributed by atoms with van der Waals surface area (Å²) in [7, 11) is 0. The van der Waals surface area contributed by atoms with Gasteiger partial charge in [0.1, 0.15) is 37.8 Å². The average Bonchev–Trinajstić information content (AvgIpc) is 3.78. The maximum atomic E-state index is 13.7. The van der Waals surface area contributed by atoms with E-state index in [0.29, 0.717) is 37.7 Å². The Hall–Kier alpha value is -7.46. The summed E-state index contributed by atoms with van der Waals surface area (Å²) in [5, 5.41) is 10.4. The van der Waals surface area contributed by atoms with Gasteiger partial charge >= 0.3 is 0 Å². The Morgan fingerprint density at radius 2 is 0.879 bits per heavy atom. The van der Waals surface area contributed by atoms with Crippen LogP contribution in [-0.4, -0.2) is 34.2 Å². The van der Waals surface area contributed by atoms with Gasteiger partial charge in [0.2, 0.25) is 12.7 Å². The summed E-state index contributed by atoms with van der Waals surface area (Å²) in [6, 6.07) is 48.4. The van der Waals surface area contributed by atoms with E-state index in [1.807, 2.05) is 70.3 Å². The summed E-state index contributed by atoms with van der Waals surface area (Å²) in [6.07, 6.45) is 3.93. The fourth-order valence-corrected chi connectivity index (χ4v) is 8.25. The third-order valence-electron chi connectivity index (χ3n) is 10.9. The lowest BCUT2D eigenvalue weighted by Crippen LogP contribution is -2.40. The summed E-state index contributed by atoms with van der Waals surface area (Å²) >= 11 is 0. The van der Waals surface area contributed by atoms with Crippen LogP contribution in [0.25, 0.3) is 54.7 Å². The van der Waals surface area contributed by atoms with Gasteiger partial charge in [-0.1, -0.05) is 97.1 Å². The molecule has 3 heterocycles. The maximum Gasteiger partial charge on any atom is 0.266 e. The van der Waals surface area contributed by atoms with Gasteiger partial charge in [0.15, 0.2) is 35.2 Å². The predicted molar refractivity (Wildman–Crippen MR) is 226 cm³/mol. The van der Waals surface area contributed by atoms with Gasteiger partial charge in [0, 0.05) is 11.1 Å². The Morgan fingerprint density at radius 1 is 0.466 bits per heavy atom. The molecule has 0 saturated heterocycles. The molecule has 10 heteroatoms. The molecule has 0 spiro atoms. The lowest BCUT2D eigenvalue weighted by molar-refractivity contribution is -0.659. The van der Waals surface area contributed by atoms with Crippen molar-refractivity contribution in [2.24, 2.45) is 0 Å². The Bertz CT molecular complexity index is 2830. The molecule has 0 unspecified atom stereocenters. The van der Waals surface area contributed by atoms with Gasteiger partial charge in [-0.2, -0.15) is 0 Å². The van der Waals surface area contributed by atoms with Crippen LogP contribution in [-0.2, 0) is 35.8 Å². The van der Waals surface area contributed by atoms with Crippen LogP contribution in [0.3, 0.4) is 0 Å². The molecular weight excluding hydrogens is 725 g/mol. The highest BCUT2D eigenvalue weighted by Crippen LogP contribution is 2.45. The van der Waals surface area contributed by atoms with E-state index in [2.05, 4.69) is 105 Å². The number of carbonyl (C=O) groups excluding carboxylic acids is 2. The minimum absolute atomic E-state index is 0.0741. The first-order valence-corrected chi connectivity index (χ1v) is 19.5. The SMILES string of the molecule is O=C1C[n+]2cn(c3ccccc32)CCOc2ccc3ccccc3c2-c2c(ccc3ccccc23)OCCn2c[n+](c3ccccc32)CC(=O)Nc2ccccc2N1. The van der Waals surface area contributed by atoms with Crippen LogP contribution in [0.2, 0.25) is 0 Å². The van der Waals surface area contributed by atoms with Crippen molar-refractivity contribution in [3.63, 3.8) is 0 Å². The van der Waals surface area contributed by atoms with E-state index in [4.69, 9.17) is 9.47 Å². The minimum Gasteiger partial charge on any atom is -0.489 e. The van der Waals surface area contributed by atoms with Crippen molar-refractivity contribution < 1.29 is 28.2 Å². The first-order valence-electron chi connectivity index (χ1n) is 19.5. The molecule has 2 amide bonds. The average molecular weight is 765 g/mol.